The van der Waals surface area contributed by atoms with Gasteiger partial charge in [0.25, 0.3) is 0 Å². The number of likely N-dealkylation sites (tertiary alicyclic amines) is 1. The van der Waals surface area contributed by atoms with Crippen molar-refractivity contribution in [2.75, 3.05) is 12.8 Å². The zero-order valence-electron chi connectivity index (χ0n) is 13.4. The van der Waals surface area contributed by atoms with Crippen molar-refractivity contribution in [1.82, 2.24) is 4.90 Å². The predicted molar refractivity (Wildman–Crippen MR) is 83.1 cm³/mol. The molecule has 1 saturated heterocycles. The Morgan fingerprint density at radius 1 is 1.35 bits per heavy atom. The fourth-order valence-electron chi connectivity index (χ4n) is 2.61. The summed E-state index contributed by atoms with van der Waals surface area (Å²) in [4.78, 5) is 25.8. The number of Topliss-reactive ketones (excluding diaryl/α,β-unsaturated/α-hetero) is 1. The molecule has 0 N–H and O–H groups in total. The summed E-state index contributed by atoms with van der Waals surface area (Å²) in [7, 11) is 0. The van der Waals surface area contributed by atoms with E-state index in [0.29, 0.717) is 0 Å². The first-order valence-corrected chi connectivity index (χ1v) is 8.49. The third-order valence-corrected chi connectivity index (χ3v) is 4.98. The first-order chi connectivity index (χ1) is 9.17. The van der Waals surface area contributed by atoms with Crippen molar-refractivity contribution in [2.45, 2.75) is 64.4 Å². The number of rotatable bonds is 4. The monoisotopic (exact) mass is 301 g/mol. The van der Waals surface area contributed by atoms with Crippen molar-refractivity contribution >= 4 is 23.6 Å². The normalized spacial score (nSPS) is 22.5. The summed E-state index contributed by atoms with van der Waals surface area (Å²) in [6.07, 6.45) is 3.68. The first kappa shape index (κ1) is 17.3. The molecule has 0 aromatic carbocycles. The third kappa shape index (κ3) is 4.40. The first-order valence-electron chi connectivity index (χ1n) is 7.20. The second-order valence-corrected chi connectivity index (χ2v) is 7.50. The molecule has 0 unspecified atom stereocenters. The topological polar surface area (TPSA) is 46.6 Å². The molecular weight excluding hydrogens is 274 g/mol. The van der Waals surface area contributed by atoms with Gasteiger partial charge in [-0.1, -0.05) is 6.92 Å². The predicted octanol–water partition coefficient (Wildman–Crippen LogP) is 3.34. The largest absolute Gasteiger partial charge is 0.444 e. The van der Waals surface area contributed by atoms with Gasteiger partial charge < -0.3 is 9.64 Å². The van der Waals surface area contributed by atoms with E-state index < -0.39 is 5.60 Å². The summed E-state index contributed by atoms with van der Waals surface area (Å²) in [5.74, 6) is 0.137. The molecule has 3 atom stereocenters. The van der Waals surface area contributed by atoms with E-state index in [9.17, 15) is 9.59 Å². The van der Waals surface area contributed by atoms with Crippen molar-refractivity contribution in [1.29, 1.82) is 0 Å². The van der Waals surface area contributed by atoms with E-state index in [1.807, 2.05) is 38.9 Å². The molecule has 4 nitrogen and oxygen atoms in total. The average molecular weight is 301 g/mol. The molecule has 1 aliphatic heterocycles. The van der Waals surface area contributed by atoms with E-state index in [0.717, 1.165) is 19.4 Å². The van der Waals surface area contributed by atoms with Crippen molar-refractivity contribution < 1.29 is 14.3 Å². The van der Waals surface area contributed by atoms with Gasteiger partial charge in [0.1, 0.15) is 11.4 Å². The quantitative estimate of drug-likeness (QED) is 0.799. The molecule has 0 saturated carbocycles. The smallest absolute Gasteiger partial charge is 0.410 e. The molecule has 1 rings (SSSR count). The van der Waals surface area contributed by atoms with E-state index in [4.69, 9.17) is 4.74 Å². The summed E-state index contributed by atoms with van der Waals surface area (Å²) in [6, 6.07) is 0.0961. The average Bonchev–Trinajstić information content (AvgIpc) is 2.76. The van der Waals surface area contributed by atoms with Crippen LogP contribution in [-0.2, 0) is 9.53 Å². The van der Waals surface area contributed by atoms with Gasteiger partial charge in [-0.15, -0.1) is 0 Å². The maximum absolute atomic E-state index is 12.3. The minimum atomic E-state index is -0.481. The molecule has 0 aromatic heterocycles. The van der Waals surface area contributed by atoms with Crippen molar-refractivity contribution in [3.05, 3.63) is 0 Å². The van der Waals surface area contributed by atoms with Gasteiger partial charge in [0.05, 0.1) is 0 Å². The lowest BCUT2D eigenvalue weighted by molar-refractivity contribution is -0.120. The van der Waals surface area contributed by atoms with Crippen LogP contribution < -0.4 is 0 Å². The van der Waals surface area contributed by atoms with Crippen molar-refractivity contribution in [3.8, 4) is 0 Å². The molecule has 0 spiro atoms. The van der Waals surface area contributed by atoms with E-state index in [1.54, 1.807) is 18.7 Å². The maximum atomic E-state index is 12.3. The Bertz CT molecular complexity index is 365. The van der Waals surface area contributed by atoms with Gasteiger partial charge in [-0.05, 0) is 46.8 Å². The van der Waals surface area contributed by atoms with E-state index in [2.05, 4.69) is 0 Å². The maximum Gasteiger partial charge on any atom is 0.410 e. The summed E-state index contributed by atoms with van der Waals surface area (Å²) in [6.45, 7) is 9.93. The molecular formula is C15H27NO3S. The standard InChI is InChI=1S/C15H27NO3S/c1-10(11(2)17)13(20-6)12-8-7-9-16(12)14(18)19-15(3,4)5/h10,12-13H,7-9H2,1-6H3/t10-,12-,13+/m0/s1. The molecule has 116 valence electrons. The number of ketones is 1. The third-order valence-electron chi connectivity index (χ3n) is 3.71. The zero-order valence-corrected chi connectivity index (χ0v) is 14.3. The fourth-order valence-corrected chi connectivity index (χ4v) is 3.80. The van der Waals surface area contributed by atoms with Gasteiger partial charge in [-0.25, -0.2) is 4.79 Å². The lowest BCUT2D eigenvalue weighted by atomic mass is 9.96. The number of nitrogens with zero attached hydrogens (tertiary/aromatic N) is 1. The molecule has 0 radical (unpaired) electrons. The van der Waals surface area contributed by atoms with Crippen LogP contribution in [0.3, 0.4) is 0 Å². The second kappa shape index (κ2) is 6.83. The summed E-state index contributed by atoms with van der Waals surface area (Å²) < 4.78 is 5.48. The van der Waals surface area contributed by atoms with Crippen LogP contribution in [-0.4, -0.2) is 46.5 Å². The van der Waals surface area contributed by atoms with E-state index in [-0.39, 0.29) is 29.1 Å². The van der Waals surface area contributed by atoms with E-state index in [1.165, 1.54) is 0 Å². The number of amides is 1. The van der Waals surface area contributed by atoms with Crippen LogP contribution in [0.25, 0.3) is 0 Å². The van der Waals surface area contributed by atoms with Gasteiger partial charge in [0, 0.05) is 23.8 Å². The van der Waals surface area contributed by atoms with Crippen molar-refractivity contribution in [2.24, 2.45) is 5.92 Å². The van der Waals surface area contributed by atoms with Crippen LogP contribution >= 0.6 is 11.8 Å². The highest BCUT2D eigenvalue weighted by Crippen LogP contribution is 2.32. The summed E-state index contributed by atoms with van der Waals surface area (Å²) in [5.41, 5.74) is -0.481. The number of thioether (sulfide) groups is 1. The molecule has 5 heteroatoms. The highest BCUT2D eigenvalue weighted by molar-refractivity contribution is 7.99. The Kier molecular flexibility index (Phi) is 5.92. The van der Waals surface area contributed by atoms with Crippen molar-refractivity contribution in [3.63, 3.8) is 0 Å². The highest BCUT2D eigenvalue weighted by Gasteiger charge is 2.39. The number of hydrogen-bond acceptors (Lipinski definition) is 4. The van der Waals surface area contributed by atoms with Gasteiger partial charge >= 0.3 is 6.09 Å². The number of carbonyl (C=O) groups is 2. The van der Waals surface area contributed by atoms with Crippen LogP contribution in [0.5, 0.6) is 0 Å². The molecule has 1 aliphatic rings. The number of carbonyl (C=O) groups excluding carboxylic acids is 2. The van der Waals surface area contributed by atoms with Gasteiger partial charge in [-0.2, -0.15) is 11.8 Å². The number of ether oxygens (including phenoxy) is 1. The Morgan fingerprint density at radius 2 is 1.95 bits per heavy atom. The Morgan fingerprint density at radius 3 is 2.40 bits per heavy atom. The van der Waals surface area contributed by atoms with Gasteiger partial charge in [0.15, 0.2) is 0 Å². The van der Waals surface area contributed by atoms with Crippen LogP contribution in [0.2, 0.25) is 0 Å². The molecule has 20 heavy (non-hydrogen) atoms. The van der Waals surface area contributed by atoms with Gasteiger partial charge in [-0.3, -0.25) is 4.79 Å². The lowest BCUT2D eigenvalue weighted by Crippen LogP contribution is -2.46. The molecule has 0 aromatic rings. The van der Waals surface area contributed by atoms with Crippen LogP contribution in [0.15, 0.2) is 0 Å². The molecule has 1 heterocycles. The van der Waals surface area contributed by atoms with Gasteiger partial charge in [0.2, 0.25) is 0 Å². The highest BCUT2D eigenvalue weighted by atomic mass is 32.2. The van der Waals surface area contributed by atoms with Crippen LogP contribution in [0.4, 0.5) is 4.79 Å². The number of hydrogen-bond donors (Lipinski definition) is 0. The van der Waals surface area contributed by atoms with E-state index >= 15 is 0 Å². The Labute approximate surface area is 126 Å². The molecule has 1 fully saturated rings. The SMILES string of the molecule is CS[C@H]([C@@H](C)C(C)=O)[C@@H]1CCCN1C(=O)OC(C)(C)C. The van der Waals surface area contributed by atoms with Crippen LogP contribution in [0, 0.1) is 5.92 Å². The molecule has 1 amide bonds. The summed E-state index contributed by atoms with van der Waals surface area (Å²) in [5, 5.41) is 0.141. The Balaban J connectivity index is 2.82. The fraction of sp³-hybridized carbons (Fsp3) is 0.867. The minimum absolute atomic E-state index is 0.0435. The Hall–Kier alpha value is -0.710. The summed E-state index contributed by atoms with van der Waals surface area (Å²) >= 11 is 1.67. The molecule has 0 aliphatic carbocycles. The lowest BCUT2D eigenvalue weighted by Gasteiger charge is -2.34. The zero-order chi connectivity index (χ0) is 15.5. The minimum Gasteiger partial charge on any atom is -0.444 e. The molecule has 0 bridgehead atoms. The second-order valence-electron chi connectivity index (χ2n) is 6.48. The van der Waals surface area contributed by atoms with Crippen LogP contribution in [0.1, 0.15) is 47.5 Å².